The maximum absolute atomic E-state index is 5.71. The van der Waals surface area contributed by atoms with E-state index in [4.69, 9.17) is 4.74 Å². The summed E-state index contributed by atoms with van der Waals surface area (Å²) in [7, 11) is 0. The van der Waals surface area contributed by atoms with Crippen molar-refractivity contribution in [1.82, 2.24) is 5.32 Å². The number of nitrogens with one attached hydrogen (secondary N) is 1. The van der Waals surface area contributed by atoms with Crippen molar-refractivity contribution in [2.75, 3.05) is 31.1 Å². The molecule has 3 nitrogen and oxygen atoms in total. The average Bonchev–Trinajstić information content (AvgIpc) is 2.56. The Hall–Kier alpha value is -2.00. The SMILES string of the molecule is CC(C)Oc1ccc(-c2cccc(N3CCNCC3)c2)cc1. The largest absolute Gasteiger partial charge is 0.491 e. The Kier molecular flexibility index (Phi) is 4.64. The zero-order chi connectivity index (χ0) is 15.4. The second-order valence-corrected chi connectivity index (χ2v) is 5.98. The van der Waals surface area contributed by atoms with Crippen LogP contribution in [-0.2, 0) is 0 Å². The molecular formula is C19H24N2O. The predicted molar refractivity (Wildman–Crippen MR) is 92.7 cm³/mol. The molecule has 0 radical (unpaired) electrons. The van der Waals surface area contributed by atoms with Crippen LogP contribution in [0.4, 0.5) is 5.69 Å². The molecule has 1 saturated heterocycles. The second kappa shape index (κ2) is 6.84. The van der Waals surface area contributed by atoms with E-state index in [1.807, 2.05) is 26.0 Å². The third-order valence-corrected chi connectivity index (χ3v) is 3.89. The van der Waals surface area contributed by atoms with Gasteiger partial charge in [-0.2, -0.15) is 0 Å². The van der Waals surface area contributed by atoms with Gasteiger partial charge in [-0.1, -0.05) is 24.3 Å². The van der Waals surface area contributed by atoms with E-state index in [1.165, 1.54) is 16.8 Å². The van der Waals surface area contributed by atoms with Crippen LogP contribution in [0, 0.1) is 0 Å². The van der Waals surface area contributed by atoms with Crippen molar-refractivity contribution >= 4 is 5.69 Å². The van der Waals surface area contributed by atoms with E-state index in [-0.39, 0.29) is 6.10 Å². The molecule has 116 valence electrons. The molecule has 0 aliphatic carbocycles. The second-order valence-electron chi connectivity index (χ2n) is 5.98. The number of hydrogen-bond acceptors (Lipinski definition) is 3. The molecule has 1 heterocycles. The maximum atomic E-state index is 5.71. The van der Waals surface area contributed by atoms with E-state index >= 15 is 0 Å². The quantitative estimate of drug-likeness (QED) is 0.934. The van der Waals surface area contributed by atoms with Crippen LogP contribution in [0.2, 0.25) is 0 Å². The smallest absolute Gasteiger partial charge is 0.119 e. The van der Waals surface area contributed by atoms with Gasteiger partial charge in [-0.25, -0.2) is 0 Å². The summed E-state index contributed by atoms with van der Waals surface area (Å²) in [5.41, 5.74) is 3.79. The Labute approximate surface area is 132 Å². The first-order valence-electron chi connectivity index (χ1n) is 8.05. The third kappa shape index (κ3) is 3.60. The van der Waals surface area contributed by atoms with Gasteiger partial charge in [-0.3, -0.25) is 0 Å². The summed E-state index contributed by atoms with van der Waals surface area (Å²) in [5, 5.41) is 3.40. The van der Waals surface area contributed by atoms with Crippen molar-refractivity contribution in [3.05, 3.63) is 48.5 Å². The number of hydrogen-bond donors (Lipinski definition) is 1. The van der Waals surface area contributed by atoms with Gasteiger partial charge in [0.15, 0.2) is 0 Å². The fraction of sp³-hybridized carbons (Fsp3) is 0.368. The minimum atomic E-state index is 0.210. The van der Waals surface area contributed by atoms with Crippen LogP contribution >= 0.6 is 0 Å². The van der Waals surface area contributed by atoms with Crippen molar-refractivity contribution in [1.29, 1.82) is 0 Å². The molecule has 0 amide bonds. The first-order valence-corrected chi connectivity index (χ1v) is 8.05. The molecule has 0 saturated carbocycles. The summed E-state index contributed by atoms with van der Waals surface area (Å²) in [5.74, 6) is 0.928. The Morgan fingerprint density at radius 1 is 0.955 bits per heavy atom. The molecule has 1 N–H and O–H groups in total. The Balaban J connectivity index is 1.79. The highest BCUT2D eigenvalue weighted by atomic mass is 16.5. The van der Waals surface area contributed by atoms with Gasteiger partial charge in [0.1, 0.15) is 5.75 Å². The standard InChI is InChI=1S/C19H24N2O/c1-15(2)22-19-8-6-16(7-9-19)17-4-3-5-18(14-17)21-12-10-20-11-13-21/h3-9,14-15,20H,10-13H2,1-2H3. The lowest BCUT2D eigenvalue weighted by Crippen LogP contribution is -2.43. The normalized spacial score (nSPS) is 15.1. The summed E-state index contributed by atoms with van der Waals surface area (Å²) >= 11 is 0. The maximum Gasteiger partial charge on any atom is 0.119 e. The molecule has 22 heavy (non-hydrogen) atoms. The van der Waals surface area contributed by atoms with Crippen LogP contribution in [0.15, 0.2) is 48.5 Å². The number of piperazine rings is 1. The molecule has 2 aromatic rings. The van der Waals surface area contributed by atoms with Crippen LogP contribution in [-0.4, -0.2) is 32.3 Å². The number of anilines is 1. The van der Waals surface area contributed by atoms with E-state index in [1.54, 1.807) is 0 Å². The highest BCUT2D eigenvalue weighted by molar-refractivity contribution is 5.69. The fourth-order valence-corrected chi connectivity index (χ4v) is 2.80. The summed E-state index contributed by atoms with van der Waals surface area (Å²) in [6.45, 7) is 8.36. The topological polar surface area (TPSA) is 24.5 Å². The minimum Gasteiger partial charge on any atom is -0.491 e. The highest BCUT2D eigenvalue weighted by Gasteiger charge is 2.11. The molecular weight excluding hydrogens is 272 g/mol. The van der Waals surface area contributed by atoms with Crippen molar-refractivity contribution in [3.8, 4) is 16.9 Å². The minimum absolute atomic E-state index is 0.210. The highest BCUT2D eigenvalue weighted by Crippen LogP contribution is 2.27. The first kappa shape index (κ1) is 14.9. The van der Waals surface area contributed by atoms with Gasteiger partial charge in [0.05, 0.1) is 6.10 Å². The molecule has 3 heteroatoms. The van der Waals surface area contributed by atoms with Gasteiger partial charge in [0.25, 0.3) is 0 Å². The Morgan fingerprint density at radius 3 is 2.36 bits per heavy atom. The van der Waals surface area contributed by atoms with E-state index in [0.717, 1.165) is 31.9 Å². The van der Waals surface area contributed by atoms with Gasteiger partial charge in [0, 0.05) is 31.9 Å². The lowest BCUT2D eigenvalue weighted by molar-refractivity contribution is 0.242. The van der Waals surface area contributed by atoms with Gasteiger partial charge in [-0.05, 0) is 49.2 Å². The predicted octanol–water partition coefficient (Wildman–Crippen LogP) is 3.55. The zero-order valence-electron chi connectivity index (χ0n) is 13.4. The third-order valence-electron chi connectivity index (χ3n) is 3.89. The van der Waals surface area contributed by atoms with Crippen LogP contribution in [0.1, 0.15) is 13.8 Å². The zero-order valence-corrected chi connectivity index (χ0v) is 13.4. The van der Waals surface area contributed by atoms with Gasteiger partial charge < -0.3 is 15.0 Å². The molecule has 0 atom stereocenters. The molecule has 1 aliphatic heterocycles. The van der Waals surface area contributed by atoms with Crippen molar-refractivity contribution in [3.63, 3.8) is 0 Å². The van der Waals surface area contributed by atoms with Crippen LogP contribution in [0.25, 0.3) is 11.1 Å². The van der Waals surface area contributed by atoms with Crippen LogP contribution in [0.5, 0.6) is 5.75 Å². The van der Waals surface area contributed by atoms with Crippen LogP contribution < -0.4 is 15.0 Å². The Morgan fingerprint density at radius 2 is 1.68 bits per heavy atom. The number of rotatable bonds is 4. The monoisotopic (exact) mass is 296 g/mol. The molecule has 0 aromatic heterocycles. The summed E-state index contributed by atoms with van der Waals surface area (Å²) in [6, 6.07) is 17.2. The van der Waals surface area contributed by atoms with Crippen molar-refractivity contribution < 1.29 is 4.74 Å². The number of nitrogens with zero attached hydrogens (tertiary/aromatic N) is 1. The number of ether oxygens (including phenoxy) is 1. The molecule has 3 rings (SSSR count). The van der Waals surface area contributed by atoms with E-state index in [2.05, 4.69) is 46.6 Å². The molecule has 0 spiro atoms. The molecule has 1 fully saturated rings. The van der Waals surface area contributed by atoms with Gasteiger partial charge >= 0.3 is 0 Å². The molecule has 0 bridgehead atoms. The fourth-order valence-electron chi connectivity index (χ4n) is 2.80. The molecule has 2 aromatic carbocycles. The summed E-state index contributed by atoms with van der Waals surface area (Å²) in [4.78, 5) is 2.44. The van der Waals surface area contributed by atoms with E-state index < -0.39 is 0 Å². The first-order chi connectivity index (χ1) is 10.7. The molecule has 1 aliphatic rings. The van der Waals surface area contributed by atoms with Gasteiger partial charge in [-0.15, -0.1) is 0 Å². The number of benzene rings is 2. The summed E-state index contributed by atoms with van der Waals surface area (Å²) in [6.07, 6.45) is 0.210. The van der Waals surface area contributed by atoms with E-state index in [0.29, 0.717) is 0 Å². The lowest BCUT2D eigenvalue weighted by atomic mass is 10.0. The lowest BCUT2D eigenvalue weighted by Gasteiger charge is -2.29. The van der Waals surface area contributed by atoms with Gasteiger partial charge in [0.2, 0.25) is 0 Å². The van der Waals surface area contributed by atoms with Crippen LogP contribution in [0.3, 0.4) is 0 Å². The average molecular weight is 296 g/mol. The summed E-state index contributed by atoms with van der Waals surface area (Å²) < 4.78 is 5.71. The van der Waals surface area contributed by atoms with E-state index in [9.17, 15) is 0 Å². The Bertz CT molecular complexity index is 601. The van der Waals surface area contributed by atoms with Crippen molar-refractivity contribution in [2.24, 2.45) is 0 Å². The van der Waals surface area contributed by atoms with Crippen molar-refractivity contribution in [2.45, 2.75) is 20.0 Å². The molecule has 0 unspecified atom stereocenters.